The first kappa shape index (κ1) is 34.2. The summed E-state index contributed by atoms with van der Waals surface area (Å²) in [5.74, 6) is 2.62. The van der Waals surface area contributed by atoms with Gasteiger partial charge in [-0.05, 0) is 79.2 Å². The lowest BCUT2D eigenvalue weighted by Gasteiger charge is -2.12. The molecule has 0 saturated heterocycles. The summed E-state index contributed by atoms with van der Waals surface area (Å²) >= 11 is 0. The van der Waals surface area contributed by atoms with Gasteiger partial charge in [-0.15, -0.1) is 0 Å². The maximum atomic E-state index is 4.66. The van der Waals surface area contributed by atoms with Gasteiger partial charge < -0.3 is 25.8 Å². The molecule has 17 heteroatoms. The van der Waals surface area contributed by atoms with E-state index < -0.39 is 0 Å². The molecule has 0 aliphatic carbocycles. The molecule has 7 aromatic rings. The van der Waals surface area contributed by atoms with E-state index in [2.05, 4.69) is 66.6 Å². The molecule has 53 heavy (non-hydrogen) atoms. The molecule has 0 radical (unpaired) electrons. The number of hydrogen-bond acceptors (Lipinski definition) is 12. The number of azo groups is 2. The van der Waals surface area contributed by atoms with Crippen LogP contribution < -0.4 is 30.8 Å². The highest BCUT2D eigenvalue weighted by Gasteiger charge is 2.12. The molecule has 4 aromatic heterocycles. The van der Waals surface area contributed by atoms with Crippen LogP contribution in [0.4, 0.5) is 63.9 Å². The van der Waals surface area contributed by atoms with Gasteiger partial charge in [-0.2, -0.15) is 15.0 Å². The van der Waals surface area contributed by atoms with Gasteiger partial charge in [0.15, 0.2) is 0 Å². The van der Waals surface area contributed by atoms with Crippen molar-refractivity contribution in [3.8, 4) is 0 Å². The smallest absolute Gasteiger partial charge is 0.356 e. The lowest BCUT2D eigenvalue weighted by molar-refractivity contribution is -0.657. The summed E-state index contributed by atoms with van der Waals surface area (Å²) in [5.41, 5.74) is 4.91. The molecule has 17 nitrogen and oxygen atoms in total. The van der Waals surface area contributed by atoms with Crippen molar-refractivity contribution in [1.82, 2.24) is 33.6 Å². The van der Waals surface area contributed by atoms with E-state index >= 15 is 0 Å². The fourth-order valence-corrected chi connectivity index (χ4v) is 5.16. The number of imidazole rings is 3. The highest BCUT2D eigenvalue weighted by atomic mass is 15.3. The van der Waals surface area contributed by atoms with Gasteiger partial charge in [0.05, 0.1) is 52.3 Å². The summed E-state index contributed by atoms with van der Waals surface area (Å²) in [7, 11) is 5.76. The standard InChI is InChI=1S/C36H37N17/c1-50-21-19-39-35(50)48-46-30-13-9-27(10-14-30)40-26-5-7-28(8-6-26)41-33-43-32(38-17-4-20-53-22-18-37-25-53)44-34(45-33)42-29-11-15-31(16-12-29)47-49-36-51(2)23-24-52(36)3/h5-16,18-19,21-25H,4,17,20H2,1-3H3,(H3,38,39,40,41,42,43,44,45,46,47,48)/p+2. The Balaban J connectivity index is 1.01. The van der Waals surface area contributed by atoms with Crippen molar-refractivity contribution in [2.45, 2.75) is 13.0 Å². The molecule has 0 atom stereocenters. The number of benzene rings is 3. The van der Waals surface area contributed by atoms with Crippen LogP contribution in [0.5, 0.6) is 0 Å². The molecule has 0 aliphatic rings. The maximum Gasteiger partial charge on any atom is 0.421 e. The van der Waals surface area contributed by atoms with Crippen LogP contribution in [0.25, 0.3) is 0 Å². The Hall–Kier alpha value is -7.30. The first-order chi connectivity index (χ1) is 25.9. The number of aryl methyl sites for hydroxylation is 4. The van der Waals surface area contributed by atoms with Crippen LogP contribution in [0.1, 0.15) is 6.42 Å². The summed E-state index contributed by atoms with van der Waals surface area (Å²) in [5, 5.41) is 30.7. The van der Waals surface area contributed by atoms with Crippen molar-refractivity contribution >= 4 is 63.9 Å². The molecule has 7 rings (SSSR count). The van der Waals surface area contributed by atoms with Crippen LogP contribution in [0, 0.1) is 0 Å². The molecule has 0 amide bonds. The van der Waals surface area contributed by atoms with E-state index in [-0.39, 0.29) is 0 Å². The Morgan fingerprint density at radius 2 is 1.25 bits per heavy atom. The summed E-state index contributed by atoms with van der Waals surface area (Å²) in [6.07, 6.45) is 13.9. The Labute approximate surface area is 305 Å². The Morgan fingerprint density at radius 1 is 0.660 bits per heavy atom. The molecule has 0 aliphatic heterocycles. The molecule has 3 aromatic carbocycles. The number of aromatic nitrogens is 9. The number of nitrogens with zero attached hydrogens (tertiary/aromatic N) is 12. The minimum Gasteiger partial charge on any atom is -0.356 e. The molecular weight excluding hydrogens is 671 g/mol. The summed E-state index contributed by atoms with van der Waals surface area (Å²) in [6, 6.07) is 23.2. The average molecular weight is 710 g/mol. The molecule has 4 heterocycles. The first-order valence-electron chi connectivity index (χ1n) is 16.9. The molecule has 0 unspecified atom stereocenters. The van der Waals surface area contributed by atoms with Gasteiger partial charge >= 0.3 is 11.9 Å². The quantitative estimate of drug-likeness (QED) is 0.0501. The van der Waals surface area contributed by atoms with E-state index in [1.165, 1.54) is 0 Å². The van der Waals surface area contributed by atoms with Gasteiger partial charge in [0, 0.05) is 58.5 Å². The summed E-state index contributed by atoms with van der Waals surface area (Å²) < 4.78 is 7.70. The zero-order valence-corrected chi connectivity index (χ0v) is 29.5. The van der Waals surface area contributed by atoms with Crippen molar-refractivity contribution in [2.75, 3.05) is 27.8 Å². The molecular formula is C36H39N17+2. The predicted octanol–water partition coefficient (Wildman–Crippen LogP) is 6.95. The van der Waals surface area contributed by atoms with Crippen LogP contribution in [-0.2, 0) is 27.7 Å². The summed E-state index contributed by atoms with van der Waals surface area (Å²) in [6.45, 7) is 1.48. The molecule has 0 saturated carbocycles. The normalized spacial score (nSPS) is 11.4. The third-order valence-electron chi connectivity index (χ3n) is 8.00. The number of hydrogen-bond donors (Lipinski definition) is 4. The predicted molar refractivity (Wildman–Crippen MR) is 201 cm³/mol. The lowest BCUT2D eigenvalue weighted by Crippen LogP contribution is -2.25. The Bertz CT molecular complexity index is 2270. The van der Waals surface area contributed by atoms with Gasteiger partial charge in [-0.25, -0.2) is 23.7 Å². The third kappa shape index (κ3) is 9.28. The van der Waals surface area contributed by atoms with Gasteiger partial charge in [0.25, 0.3) is 0 Å². The average Bonchev–Trinajstić information content (AvgIpc) is 3.92. The van der Waals surface area contributed by atoms with Crippen molar-refractivity contribution in [3.05, 3.63) is 116 Å². The number of anilines is 7. The first-order valence-corrected chi connectivity index (χ1v) is 16.9. The third-order valence-corrected chi connectivity index (χ3v) is 8.00. The van der Waals surface area contributed by atoms with E-state index in [1.54, 1.807) is 12.5 Å². The van der Waals surface area contributed by atoms with Gasteiger partial charge in [-0.3, -0.25) is 0 Å². The second kappa shape index (κ2) is 16.2. The summed E-state index contributed by atoms with van der Waals surface area (Å²) in [4.78, 5) is 21.1. The fraction of sp³-hybridized carbons (Fsp3) is 0.167. The monoisotopic (exact) mass is 709 g/mol. The lowest BCUT2D eigenvalue weighted by atomic mass is 10.2. The largest absolute Gasteiger partial charge is 0.421 e. The van der Waals surface area contributed by atoms with Crippen LogP contribution in [0.2, 0.25) is 0 Å². The van der Waals surface area contributed by atoms with Crippen LogP contribution in [-0.4, -0.2) is 40.2 Å². The second-order valence-corrected chi connectivity index (χ2v) is 12.0. The van der Waals surface area contributed by atoms with Crippen molar-refractivity contribution in [2.24, 2.45) is 41.6 Å². The zero-order chi connectivity index (χ0) is 36.4. The Kier molecular flexibility index (Phi) is 10.4. The molecule has 0 spiro atoms. The van der Waals surface area contributed by atoms with E-state index in [9.17, 15) is 0 Å². The molecule has 5 N–H and O–H groups in total. The van der Waals surface area contributed by atoms with Crippen molar-refractivity contribution in [1.29, 1.82) is 0 Å². The van der Waals surface area contributed by atoms with Gasteiger partial charge in [0.2, 0.25) is 17.8 Å². The topological polar surface area (TPSA) is 182 Å². The number of H-pyrrole nitrogens is 1. The Morgan fingerprint density at radius 3 is 1.79 bits per heavy atom. The zero-order valence-electron chi connectivity index (χ0n) is 29.5. The van der Waals surface area contributed by atoms with Crippen molar-refractivity contribution < 1.29 is 9.55 Å². The SMILES string of the molecule is Cn1cc[nH+]c1N=Nc1ccc(Nc2ccc(Nc3nc(NCCCn4ccnc4)nc(Nc4ccc(N=Nc5n(C)cc[n+]5C)cc4)n3)cc2)cc1. The van der Waals surface area contributed by atoms with Gasteiger partial charge in [0.1, 0.15) is 11.4 Å². The minimum absolute atomic E-state index is 0.382. The van der Waals surface area contributed by atoms with Gasteiger partial charge in [-0.1, -0.05) is 10.2 Å². The molecule has 266 valence electrons. The highest BCUT2D eigenvalue weighted by molar-refractivity contribution is 5.66. The molecule has 0 fully saturated rings. The maximum absolute atomic E-state index is 4.66. The van der Waals surface area contributed by atoms with E-state index in [4.69, 9.17) is 0 Å². The van der Waals surface area contributed by atoms with E-state index in [0.717, 1.165) is 47.4 Å². The van der Waals surface area contributed by atoms with Crippen molar-refractivity contribution in [3.63, 3.8) is 0 Å². The number of aromatic amines is 1. The van der Waals surface area contributed by atoms with Crippen LogP contribution >= 0.6 is 0 Å². The van der Waals surface area contributed by atoms with Crippen LogP contribution in [0.15, 0.2) is 137 Å². The number of rotatable bonds is 15. The minimum atomic E-state index is 0.382. The van der Waals surface area contributed by atoms with E-state index in [0.29, 0.717) is 36.0 Å². The number of nitrogens with one attached hydrogen (secondary N) is 5. The second-order valence-electron chi connectivity index (χ2n) is 12.0. The van der Waals surface area contributed by atoms with E-state index in [1.807, 2.05) is 143 Å². The fourth-order valence-electron chi connectivity index (χ4n) is 5.16. The highest BCUT2D eigenvalue weighted by Crippen LogP contribution is 2.25. The molecule has 0 bridgehead atoms. The van der Waals surface area contributed by atoms with Crippen LogP contribution in [0.3, 0.4) is 0 Å².